The molecule has 1 fully saturated rings. The minimum Gasteiger partial charge on any atom is -0.345 e. The van der Waals surface area contributed by atoms with Crippen LogP contribution in [0.4, 0.5) is 14.7 Å². The summed E-state index contributed by atoms with van der Waals surface area (Å²) >= 11 is 3.34. The molecule has 2 aromatic carbocycles. The van der Waals surface area contributed by atoms with Crippen LogP contribution in [0.2, 0.25) is 0 Å². The van der Waals surface area contributed by atoms with Crippen molar-refractivity contribution in [2.24, 2.45) is 0 Å². The Kier molecular flexibility index (Phi) is 4.21. The van der Waals surface area contributed by atoms with Crippen molar-refractivity contribution in [2.45, 2.75) is 13.3 Å². The first-order valence-electron chi connectivity index (χ1n) is 9.15. The SMILES string of the molecule is CCc1cccc2sc(N3CCN(c4nc5ccc(F)cc5s4)CC3)nc12. The van der Waals surface area contributed by atoms with Crippen molar-refractivity contribution in [1.29, 1.82) is 0 Å². The van der Waals surface area contributed by atoms with E-state index in [2.05, 4.69) is 39.9 Å². The Labute approximate surface area is 164 Å². The molecule has 2 aromatic heterocycles. The largest absolute Gasteiger partial charge is 0.345 e. The van der Waals surface area contributed by atoms with E-state index in [0.717, 1.165) is 58.6 Å². The first kappa shape index (κ1) is 16.9. The summed E-state index contributed by atoms with van der Waals surface area (Å²) in [5.41, 5.74) is 3.34. The van der Waals surface area contributed by atoms with Crippen molar-refractivity contribution in [3.63, 3.8) is 0 Å². The van der Waals surface area contributed by atoms with E-state index in [-0.39, 0.29) is 5.82 Å². The number of anilines is 2. The quantitative estimate of drug-likeness (QED) is 0.490. The van der Waals surface area contributed by atoms with Gasteiger partial charge in [-0.3, -0.25) is 0 Å². The van der Waals surface area contributed by atoms with Crippen molar-refractivity contribution in [2.75, 3.05) is 36.0 Å². The zero-order valence-electron chi connectivity index (χ0n) is 15.0. The molecule has 0 radical (unpaired) electrons. The normalized spacial score (nSPS) is 15.2. The zero-order chi connectivity index (χ0) is 18.4. The lowest BCUT2D eigenvalue weighted by Crippen LogP contribution is -2.46. The summed E-state index contributed by atoms with van der Waals surface area (Å²) in [6.45, 7) is 5.82. The monoisotopic (exact) mass is 398 g/mol. The number of thiazole rings is 2. The van der Waals surface area contributed by atoms with Crippen LogP contribution in [0.25, 0.3) is 20.4 Å². The maximum Gasteiger partial charge on any atom is 0.186 e. The molecule has 0 unspecified atom stereocenters. The number of para-hydroxylation sites is 1. The molecule has 5 rings (SSSR count). The van der Waals surface area contributed by atoms with Crippen molar-refractivity contribution >= 4 is 53.4 Å². The Morgan fingerprint density at radius 1 is 0.926 bits per heavy atom. The zero-order valence-corrected chi connectivity index (χ0v) is 16.6. The van der Waals surface area contributed by atoms with Gasteiger partial charge < -0.3 is 9.80 Å². The predicted octanol–water partition coefficient (Wildman–Crippen LogP) is 4.93. The molecule has 4 aromatic rings. The molecule has 3 heterocycles. The average Bonchev–Trinajstić information content (AvgIpc) is 3.31. The average molecular weight is 399 g/mol. The number of halogens is 1. The van der Waals surface area contributed by atoms with Crippen molar-refractivity contribution in [1.82, 2.24) is 9.97 Å². The molecule has 0 atom stereocenters. The van der Waals surface area contributed by atoms with Gasteiger partial charge in [0.15, 0.2) is 10.3 Å². The highest BCUT2D eigenvalue weighted by Crippen LogP contribution is 2.33. The fraction of sp³-hybridized carbons (Fsp3) is 0.300. The highest BCUT2D eigenvalue weighted by atomic mass is 32.1. The van der Waals surface area contributed by atoms with Gasteiger partial charge in [-0.2, -0.15) is 0 Å². The van der Waals surface area contributed by atoms with E-state index in [0.29, 0.717) is 0 Å². The molecular formula is C20H19FN4S2. The maximum absolute atomic E-state index is 13.4. The van der Waals surface area contributed by atoms with Gasteiger partial charge in [0.1, 0.15) is 5.82 Å². The number of aromatic nitrogens is 2. The van der Waals surface area contributed by atoms with Crippen LogP contribution < -0.4 is 9.80 Å². The van der Waals surface area contributed by atoms with Gasteiger partial charge >= 0.3 is 0 Å². The van der Waals surface area contributed by atoms with Crippen LogP contribution in [-0.4, -0.2) is 36.1 Å². The Hall–Kier alpha value is -2.25. The van der Waals surface area contributed by atoms with Crippen LogP contribution in [0.5, 0.6) is 0 Å². The van der Waals surface area contributed by atoms with Gasteiger partial charge in [0.05, 0.1) is 20.4 Å². The second-order valence-corrected chi connectivity index (χ2v) is 8.71. The van der Waals surface area contributed by atoms with Gasteiger partial charge in [-0.1, -0.05) is 41.7 Å². The van der Waals surface area contributed by atoms with E-state index >= 15 is 0 Å². The summed E-state index contributed by atoms with van der Waals surface area (Å²) in [5.74, 6) is -0.204. The van der Waals surface area contributed by atoms with Crippen molar-refractivity contribution < 1.29 is 4.39 Å². The molecular weight excluding hydrogens is 379 g/mol. The number of piperazine rings is 1. The van der Waals surface area contributed by atoms with Gasteiger partial charge in [-0.25, -0.2) is 14.4 Å². The van der Waals surface area contributed by atoms with Gasteiger partial charge in [0.25, 0.3) is 0 Å². The molecule has 138 valence electrons. The lowest BCUT2D eigenvalue weighted by Gasteiger charge is -2.34. The van der Waals surface area contributed by atoms with Crippen LogP contribution in [0.3, 0.4) is 0 Å². The van der Waals surface area contributed by atoms with E-state index in [4.69, 9.17) is 4.98 Å². The molecule has 27 heavy (non-hydrogen) atoms. The smallest absolute Gasteiger partial charge is 0.186 e. The molecule has 0 amide bonds. The van der Waals surface area contributed by atoms with Crippen LogP contribution >= 0.6 is 22.7 Å². The number of fused-ring (bicyclic) bond motifs is 2. The standard InChI is InChI=1S/C20H19FN4S2/c1-2-13-4-3-5-16-18(13)23-20(26-16)25-10-8-24(9-11-25)19-22-15-7-6-14(21)12-17(15)27-19/h3-7,12H,2,8-11H2,1H3. The molecule has 0 aliphatic carbocycles. The molecule has 0 N–H and O–H groups in total. The molecule has 1 aliphatic rings. The third-order valence-corrected chi connectivity index (χ3v) is 7.19. The molecule has 1 aliphatic heterocycles. The summed E-state index contributed by atoms with van der Waals surface area (Å²) in [6.07, 6.45) is 1.01. The van der Waals surface area contributed by atoms with Crippen molar-refractivity contribution in [3.8, 4) is 0 Å². The fourth-order valence-electron chi connectivity index (χ4n) is 3.52. The Bertz CT molecular complexity index is 1110. The lowest BCUT2D eigenvalue weighted by atomic mass is 10.1. The summed E-state index contributed by atoms with van der Waals surface area (Å²) < 4.78 is 15.6. The third kappa shape index (κ3) is 3.04. The highest BCUT2D eigenvalue weighted by molar-refractivity contribution is 7.22. The van der Waals surface area contributed by atoms with E-state index in [9.17, 15) is 4.39 Å². The number of aryl methyl sites for hydroxylation is 1. The topological polar surface area (TPSA) is 32.3 Å². The first-order valence-corrected chi connectivity index (χ1v) is 10.8. The Morgan fingerprint density at radius 3 is 2.37 bits per heavy atom. The number of hydrogen-bond donors (Lipinski definition) is 0. The van der Waals surface area contributed by atoms with Gasteiger partial charge in [-0.05, 0) is 36.2 Å². The highest BCUT2D eigenvalue weighted by Gasteiger charge is 2.22. The van der Waals surface area contributed by atoms with Gasteiger partial charge in [0.2, 0.25) is 0 Å². The molecule has 4 nitrogen and oxygen atoms in total. The minimum absolute atomic E-state index is 0.204. The predicted molar refractivity (Wildman–Crippen MR) is 113 cm³/mol. The van der Waals surface area contributed by atoms with Gasteiger partial charge in [0, 0.05) is 26.2 Å². The summed E-state index contributed by atoms with van der Waals surface area (Å²) in [5, 5.41) is 2.09. The number of nitrogens with zero attached hydrogens (tertiary/aromatic N) is 4. The second kappa shape index (κ2) is 6.73. The number of hydrogen-bond acceptors (Lipinski definition) is 6. The first-order chi connectivity index (χ1) is 13.2. The van der Waals surface area contributed by atoms with E-state index in [1.54, 1.807) is 34.8 Å². The van der Waals surface area contributed by atoms with Crippen LogP contribution in [0, 0.1) is 5.82 Å². The molecule has 7 heteroatoms. The summed E-state index contributed by atoms with van der Waals surface area (Å²) in [6, 6.07) is 11.2. The Morgan fingerprint density at radius 2 is 1.63 bits per heavy atom. The van der Waals surface area contributed by atoms with Crippen LogP contribution in [0.15, 0.2) is 36.4 Å². The number of rotatable bonds is 3. The minimum atomic E-state index is -0.204. The number of benzene rings is 2. The van der Waals surface area contributed by atoms with E-state index in [1.807, 2.05) is 0 Å². The van der Waals surface area contributed by atoms with E-state index in [1.165, 1.54) is 16.3 Å². The molecule has 0 spiro atoms. The lowest BCUT2D eigenvalue weighted by molar-refractivity contribution is 0.630. The van der Waals surface area contributed by atoms with E-state index < -0.39 is 0 Å². The second-order valence-electron chi connectivity index (χ2n) is 6.70. The van der Waals surface area contributed by atoms with Crippen molar-refractivity contribution in [3.05, 3.63) is 47.8 Å². The third-order valence-electron chi connectivity index (χ3n) is 5.03. The summed E-state index contributed by atoms with van der Waals surface area (Å²) in [4.78, 5) is 14.3. The molecule has 0 bridgehead atoms. The van der Waals surface area contributed by atoms with Crippen LogP contribution in [0.1, 0.15) is 12.5 Å². The maximum atomic E-state index is 13.4. The molecule has 0 saturated carbocycles. The van der Waals surface area contributed by atoms with Crippen LogP contribution in [-0.2, 0) is 6.42 Å². The fourth-order valence-corrected chi connectivity index (χ4v) is 5.63. The van der Waals surface area contributed by atoms with Gasteiger partial charge in [-0.15, -0.1) is 0 Å². The summed E-state index contributed by atoms with van der Waals surface area (Å²) in [7, 11) is 0. The Balaban J connectivity index is 1.35. The molecule has 1 saturated heterocycles.